The zero-order valence-electron chi connectivity index (χ0n) is 18.4. The molecule has 2 aromatic carbocycles. The van der Waals surface area contributed by atoms with Crippen LogP contribution in [0.1, 0.15) is 11.1 Å². The number of rotatable bonds is 8. The first-order valence-corrected chi connectivity index (χ1v) is 10.1. The van der Waals surface area contributed by atoms with Crippen molar-refractivity contribution >= 4 is 17.5 Å². The normalized spacial score (nSPS) is 11.5. The van der Waals surface area contributed by atoms with E-state index >= 15 is 0 Å². The number of alkyl halides is 3. The molecular weight excluding hydrogens is 419 g/mol. The largest absolute Gasteiger partial charge is 0.573 e. The van der Waals surface area contributed by atoms with Gasteiger partial charge in [0.25, 0.3) is 0 Å². The van der Waals surface area contributed by atoms with Crippen molar-refractivity contribution in [2.75, 3.05) is 37.8 Å². The van der Waals surface area contributed by atoms with Gasteiger partial charge in [0.1, 0.15) is 11.6 Å². The Morgan fingerprint density at radius 1 is 1.00 bits per heavy atom. The average molecular weight is 445 g/mol. The Labute approximate surface area is 185 Å². The summed E-state index contributed by atoms with van der Waals surface area (Å²) < 4.78 is 42.0. The minimum absolute atomic E-state index is 0.306. The van der Waals surface area contributed by atoms with E-state index in [9.17, 15) is 13.2 Å². The Hall–Kier alpha value is -3.33. The molecule has 0 aliphatic rings. The van der Waals surface area contributed by atoms with Crippen LogP contribution in [0.3, 0.4) is 0 Å². The molecule has 0 saturated carbocycles. The van der Waals surface area contributed by atoms with Crippen LogP contribution in [0.2, 0.25) is 0 Å². The van der Waals surface area contributed by atoms with E-state index < -0.39 is 6.36 Å². The fraction of sp³-hybridized carbons (Fsp3) is 0.304. The van der Waals surface area contributed by atoms with Crippen molar-refractivity contribution in [1.29, 1.82) is 0 Å². The van der Waals surface area contributed by atoms with Gasteiger partial charge in [-0.1, -0.05) is 24.3 Å². The van der Waals surface area contributed by atoms with E-state index in [4.69, 9.17) is 0 Å². The van der Waals surface area contributed by atoms with Gasteiger partial charge in [-0.15, -0.1) is 13.2 Å². The summed E-state index contributed by atoms with van der Waals surface area (Å²) >= 11 is 0. The first-order valence-electron chi connectivity index (χ1n) is 10.1. The first-order chi connectivity index (χ1) is 15.1. The number of halogens is 3. The molecule has 9 heteroatoms. The van der Waals surface area contributed by atoms with Gasteiger partial charge in [0.05, 0.1) is 5.69 Å². The number of nitrogens with one attached hydrogen (secondary N) is 2. The van der Waals surface area contributed by atoms with Crippen LogP contribution in [0.4, 0.5) is 30.6 Å². The summed E-state index contributed by atoms with van der Waals surface area (Å²) in [5.74, 6) is 0.595. The maximum atomic E-state index is 12.6. The van der Waals surface area contributed by atoms with E-state index in [1.54, 1.807) is 12.1 Å². The second kappa shape index (κ2) is 9.86. The van der Waals surface area contributed by atoms with Gasteiger partial charge in [-0.2, -0.15) is 4.98 Å². The van der Waals surface area contributed by atoms with E-state index in [0.717, 1.165) is 23.4 Å². The Morgan fingerprint density at radius 2 is 1.75 bits per heavy atom. The van der Waals surface area contributed by atoms with Crippen molar-refractivity contribution in [1.82, 2.24) is 14.9 Å². The average Bonchev–Trinajstić information content (AvgIpc) is 2.70. The maximum Gasteiger partial charge on any atom is 0.573 e. The highest BCUT2D eigenvalue weighted by atomic mass is 19.4. The molecule has 3 aromatic rings. The maximum absolute atomic E-state index is 12.6. The Balaban J connectivity index is 1.96. The van der Waals surface area contributed by atoms with Gasteiger partial charge in [0.15, 0.2) is 0 Å². The Bertz CT molecular complexity index is 1070. The highest BCUT2D eigenvalue weighted by molar-refractivity contribution is 5.69. The second-order valence-corrected chi connectivity index (χ2v) is 7.64. The zero-order valence-corrected chi connectivity index (χ0v) is 18.4. The number of nitrogens with zero attached hydrogens (tertiary/aromatic N) is 3. The minimum Gasteiger partial charge on any atom is -0.406 e. The molecule has 0 fully saturated rings. The lowest BCUT2D eigenvalue weighted by Gasteiger charge is -2.15. The molecule has 0 radical (unpaired) electrons. The monoisotopic (exact) mass is 445 g/mol. The van der Waals surface area contributed by atoms with Gasteiger partial charge in [0, 0.05) is 30.4 Å². The smallest absolute Gasteiger partial charge is 0.406 e. The molecular formula is C23H26F3N5O. The molecule has 32 heavy (non-hydrogen) atoms. The quantitative estimate of drug-likeness (QED) is 0.486. The molecule has 0 saturated heterocycles. The summed E-state index contributed by atoms with van der Waals surface area (Å²) in [4.78, 5) is 11.1. The number of aryl methyl sites for hydroxylation is 1. The third kappa shape index (κ3) is 6.58. The SMILES string of the molecule is Cc1cccc(Nc2cc(-c3cccc(OC(F)(F)F)c3)nc(NCCN(C)C)n2)c1C. The molecule has 170 valence electrons. The molecule has 0 atom stereocenters. The summed E-state index contributed by atoms with van der Waals surface area (Å²) in [6, 6.07) is 13.3. The molecule has 1 aromatic heterocycles. The van der Waals surface area contributed by atoms with Crippen molar-refractivity contribution in [2.45, 2.75) is 20.2 Å². The van der Waals surface area contributed by atoms with E-state index in [2.05, 4.69) is 25.3 Å². The van der Waals surface area contributed by atoms with Crippen LogP contribution in [0.15, 0.2) is 48.5 Å². The van der Waals surface area contributed by atoms with Crippen LogP contribution in [0.5, 0.6) is 5.75 Å². The molecule has 0 unspecified atom stereocenters. The third-order valence-electron chi connectivity index (χ3n) is 4.80. The lowest BCUT2D eigenvalue weighted by atomic mass is 10.1. The summed E-state index contributed by atoms with van der Waals surface area (Å²) in [6.07, 6.45) is -4.77. The van der Waals surface area contributed by atoms with Crippen LogP contribution in [0, 0.1) is 13.8 Å². The van der Waals surface area contributed by atoms with Gasteiger partial charge in [0.2, 0.25) is 5.95 Å². The molecule has 6 nitrogen and oxygen atoms in total. The predicted molar refractivity (Wildman–Crippen MR) is 120 cm³/mol. The zero-order chi connectivity index (χ0) is 23.3. The number of aromatic nitrogens is 2. The lowest BCUT2D eigenvalue weighted by Crippen LogP contribution is -2.21. The van der Waals surface area contributed by atoms with Gasteiger partial charge in [-0.25, -0.2) is 4.98 Å². The van der Waals surface area contributed by atoms with Gasteiger partial charge in [-0.3, -0.25) is 0 Å². The molecule has 0 amide bonds. The van der Waals surface area contributed by atoms with Crippen LogP contribution in [-0.2, 0) is 0 Å². The van der Waals surface area contributed by atoms with Crippen molar-refractivity contribution in [3.05, 3.63) is 59.7 Å². The highest BCUT2D eigenvalue weighted by Gasteiger charge is 2.31. The molecule has 3 rings (SSSR count). The topological polar surface area (TPSA) is 62.3 Å². The van der Waals surface area contributed by atoms with E-state index in [1.807, 2.05) is 51.0 Å². The standard InChI is InChI=1S/C23H26F3N5O/c1-15-7-5-10-19(16(15)2)28-21-14-20(29-22(30-21)27-11-12-31(3)4)17-8-6-9-18(13-17)32-23(24,25)26/h5-10,13-14H,11-12H2,1-4H3,(H2,27,28,29,30). The summed E-state index contributed by atoms with van der Waals surface area (Å²) in [6.45, 7) is 5.40. The lowest BCUT2D eigenvalue weighted by molar-refractivity contribution is -0.274. The van der Waals surface area contributed by atoms with Gasteiger partial charge in [-0.05, 0) is 57.3 Å². The van der Waals surface area contributed by atoms with E-state index in [1.165, 1.54) is 18.2 Å². The number of ether oxygens (including phenoxy) is 1. The predicted octanol–water partition coefficient (Wildman–Crippen LogP) is 5.38. The first kappa shape index (κ1) is 23.3. The molecule has 0 bridgehead atoms. The summed E-state index contributed by atoms with van der Waals surface area (Å²) in [5.41, 5.74) is 4.05. The van der Waals surface area contributed by atoms with Crippen molar-refractivity contribution in [2.24, 2.45) is 0 Å². The van der Waals surface area contributed by atoms with E-state index in [0.29, 0.717) is 29.6 Å². The molecule has 0 aliphatic carbocycles. The fourth-order valence-corrected chi connectivity index (χ4v) is 3.01. The number of hydrogen-bond donors (Lipinski definition) is 2. The number of anilines is 3. The highest BCUT2D eigenvalue weighted by Crippen LogP contribution is 2.30. The summed E-state index contributed by atoms with van der Waals surface area (Å²) in [7, 11) is 3.91. The second-order valence-electron chi connectivity index (χ2n) is 7.64. The van der Waals surface area contributed by atoms with Crippen LogP contribution in [-0.4, -0.2) is 48.4 Å². The molecule has 0 spiro atoms. The van der Waals surface area contributed by atoms with E-state index in [-0.39, 0.29) is 5.75 Å². The number of hydrogen-bond acceptors (Lipinski definition) is 6. The van der Waals surface area contributed by atoms with Gasteiger partial charge < -0.3 is 20.3 Å². The van der Waals surface area contributed by atoms with Crippen LogP contribution < -0.4 is 15.4 Å². The molecule has 1 heterocycles. The molecule has 0 aliphatic heterocycles. The number of likely N-dealkylation sites (N-methyl/N-ethyl adjacent to an activating group) is 1. The fourth-order valence-electron chi connectivity index (χ4n) is 3.01. The Morgan fingerprint density at radius 3 is 2.47 bits per heavy atom. The third-order valence-corrected chi connectivity index (χ3v) is 4.80. The van der Waals surface area contributed by atoms with Crippen molar-refractivity contribution in [3.63, 3.8) is 0 Å². The Kier molecular flexibility index (Phi) is 7.19. The van der Waals surface area contributed by atoms with Crippen LogP contribution in [0.25, 0.3) is 11.3 Å². The van der Waals surface area contributed by atoms with Crippen LogP contribution >= 0.6 is 0 Å². The summed E-state index contributed by atoms with van der Waals surface area (Å²) in [5, 5.41) is 6.48. The van der Waals surface area contributed by atoms with Crippen molar-refractivity contribution < 1.29 is 17.9 Å². The van der Waals surface area contributed by atoms with Crippen molar-refractivity contribution in [3.8, 4) is 17.0 Å². The molecule has 2 N–H and O–H groups in total. The number of benzene rings is 2. The van der Waals surface area contributed by atoms with Gasteiger partial charge >= 0.3 is 6.36 Å². The minimum atomic E-state index is -4.77.